The molecule has 2 atom stereocenters. The van der Waals surface area contributed by atoms with Gasteiger partial charge in [-0.25, -0.2) is 0 Å². The van der Waals surface area contributed by atoms with Gasteiger partial charge in [0.05, 0.1) is 6.61 Å². The van der Waals surface area contributed by atoms with Crippen LogP contribution in [0.25, 0.3) is 0 Å². The molecule has 1 aliphatic heterocycles. The molecule has 0 aromatic heterocycles. The van der Waals surface area contributed by atoms with Crippen LogP contribution in [0.4, 0.5) is 0 Å². The van der Waals surface area contributed by atoms with Gasteiger partial charge in [0.15, 0.2) is 0 Å². The highest BCUT2D eigenvalue weighted by Crippen LogP contribution is 2.27. The number of nitrogens with one attached hydrogen (secondary N) is 1. The van der Waals surface area contributed by atoms with Gasteiger partial charge in [0.1, 0.15) is 0 Å². The Morgan fingerprint density at radius 3 is 2.64 bits per heavy atom. The lowest BCUT2D eigenvalue weighted by molar-refractivity contribution is 0.179. The van der Waals surface area contributed by atoms with Crippen molar-refractivity contribution in [3.05, 3.63) is 0 Å². The van der Waals surface area contributed by atoms with Crippen molar-refractivity contribution < 1.29 is 4.74 Å². The molecule has 1 rings (SSSR count). The highest BCUT2D eigenvalue weighted by molar-refractivity contribution is 8.00. The summed E-state index contributed by atoms with van der Waals surface area (Å²) in [4.78, 5) is 0. The van der Waals surface area contributed by atoms with Crippen molar-refractivity contribution in [2.75, 3.05) is 26.0 Å². The summed E-state index contributed by atoms with van der Waals surface area (Å²) in [5, 5.41) is 3.42. The van der Waals surface area contributed by atoms with Crippen molar-refractivity contribution in [2.45, 2.75) is 38.0 Å². The molecule has 0 aliphatic carbocycles. The molecule has 0 saturated carbocycles. The van der Waals surface area contributed by atoms with Gasteiger partial charge in [-0.2, -0.15) is 11.8 Å². The summed E-state index contributed by atoms with van der Waals surface area (Å²) in [5.74, 6) is 1.91. The van der Waals surface area contributed by atoms with Crippen molar-refractivity contribution in [1.29, 1.82) is 0 Å². The second-order valence-corrected chi connectivity index (χ2v) is 6.79. The number of hydrogen-bond donors (Lipinski definition) is 1. The highest BCUT2D eigenvalue weighted by Gasteiger charge is 2.25. The zero-order chi connectivity index (χ0) is 10.6. The zero-order valence-electron chi connectivity index (χ0n) is 9.80. The van der Waals surface area contributed by atoms with E-state index in [0.717, 1.165) is 19.1 Å². The van der Waals surface area contributed by atoms with E-state index in [0.29, 0.717) is 10.8 Å². The molecule has 2 nitrogen and oxygen atoms in total. The minimum atomic E-state index is 0.370. The van der Waals surface area contributed by atoms with E-state index < -0.39 is 0 Å². The SMILES string of the molecule is CNC(CSC(C)(C)C)C1CCOC1. The molecule has 0 aromatic carbocycles. The van der Waals surface area contributed by atoms with Crippen LogP contribution in [0.2, 0.25) is 0 Å². The fourth-order valence-electron chi connectivity index (χ4n) is 1.66. The van der Waals surface area contributed by atoms with E-state index in [1.165, 1.54) is 12.2 Å². The average molecular weight is 217 g/mol. The van der Waals surface area contributed by atoms with Gasteiger partial charge in [-0.1, -0.05) is 20.8 Å². The summed E-state index contributed by atoms with van der Waals surface area (Å²) in [5.41, 5.74) is 0. The lowest BCUT2D eigenvalue weighted by Gasteiger charge is -2.26. The molecule has 0 aromatic rings. The van der Waals surface area contributed by atoms with Crippen LogP contribution in [0.15, 0.2) is 0 Å². The summed E-state index contributed by atoms with van der Waals surface area (Å²) in [7, 11) is 2.06. The van der Waals surface area contributed by atoms with Crippen LogP contribution in [-0.2, 0) is 4.74 Å². The van der Waals surface area contributed by atoms with E-state index in [4.69, 9.17) is 4.74 Å². The summed E-state index contributed by atoms with van der Waals surface area (Å²) in [6.07, 6.45) is 1.22. The number of ether oxygens (including phenoxy) is 1. The summed E-state index contributed by atoms with van der Waals surface area (Å²) in [6, 6.07) is 0.613. The molecule has 1 saturated heterocycles. The number of rotatable bonds is 4. The van der Waals surface area contributed by atoms with E-state index in [1.54, 1.807) is 0 Å². The summed E-state index contributed by atoms with van der Waals surface area (Å²) < 4.78 is 5.79. The maximum Gasteiger partial charge on any atom is 0.0510 e. The summed E-state index contributed by atoms with van der Waals surface area (Å²) in [6.45, 7) is 8.71. The Morgan fingerprint density at radius 2 is 2.21 bits per heavy atom. The molecule has 1 heterocycles. The predicted octanol–water partition coefficient (Wildman–Crippen LogP) is 2.14. The fraction of sp³-hybridized carbons (Fsp3) is 1.00. The molecule has 2 unspecified atom stereocenters. The third kappa shape index (κ3) is 4.20. The molecule has 0 amide bonds. The smallest absolute Gasteiger partial charge is 0.0510 e. The molecule has 0 radical (unpaired) electrons. The second-order valence-electron chi connectivity index (χ2n) is 4.94. The van der Waals surface area contributed by atoms with Gasteiger partial charge in [-0.15, -0.1) is 0 Å². The second kappa shape index (κ2) is 5.38. The van der Waals surface area contributed by atoms with Gasteiger partial charge in [0, 0.05) is 29.1 Å². The molecular formula is C11H23NOS. The molecule has 1 N–H and O–H groups in total. The first-order chi connectivity index (χ1) is 6.53. The third-order valence-electron chi connectivity index (χ3n) is 2.60. The van der Waals surface area contributed by atoms with Crippen LogP contribution in [0.3, 0.4) is 0 Å². The fourth-order valence-corrected chi connectivity index (χ4v) is 2.78. The molecule has 14 heavy (non-hydrogen) atoms. The van der Waals surface area contributed by atoms with Crippen molar-refractivity contribution in [3.8, 4) is 0 Å². The highest BCUT2D eigenvalue weighted by atomic mass is 32.2. The average Bonchev–Trinajstić information content (AvgIpc) is 2.56. The lowest BCUT2D eigenvalue weighted by Crippen LogP contribution is -2.37. The van der Waals surface area contributed by atoms with Crippen molar-refractivity contribution in [3.63, 3.8) is 0 Å². The molecule has 3 heteroatoms. The number of thioether (sulfide) groups is 1. The summed E-state index contributed by atoms with van der Waals surface area (Å²) >= 11 is 2.04. The predicted molar refractivity (Wildman–Crippen MR) is 64.0 cm³/mol. The van der Waals surface area contributed by atoms with Crippen LogP contribution in [-0.4, -0.2) is 36.8 Å². The van der Waals surface area contributed by atoms with E-state index in [2.05, 4.69) is 33.1 Å². The standard InChI is InChI=1S/C11H23NOS/c1-11(2,3)14-8-10(12-4)9-5-6-13-7-9/h9-10,12H,5-8H2,1-4H3. The Bertz CT molecular complexity index is 161. The Labute approximate surface area is 92.2 Å². The van der Waals surface area contributed by atoms with Gasteiger partial charge in [0.25, 0.3) is 0 Å². The van der Waals surface area contributed by atoms with Gasteiger partial charge in [-0.05, 0) is 13.5 Å². The quantitative estimate of drug-likeness (QED) is 0.779. The first-order valence-corrected chi connectivity index (χ1v) is 6.40. The Balaban J connectivity index is 2.31. The van der Waals surface area contributed by atoms with Gasteiger partial charge < -0.3 is 10.1 Å². The van der Waals surface area contributed by atoms with Crippen LogP contribution in [0.1, 0.15) is 27.2 Å². The zero-order valence-corrected chi connectivity index (χ0v) is 10.6. The molecule has 1 fully saturated rings. The Hall–Kier alpha value is 0.270. The van der Waals surface area contributed by atoms with Crippen molar-refractivity contribution in [2.24, 2.45) is 5.92 Å². The van der Waals surface area contributed by atoms with E-state index in [1.807, 2.05) is 11.8 Å². The molecule has 0 bridgehead atoms. The van der Waals surface area contributed by atoms with E-state index >= 15 is 0 Å². The van der Waals surface area contributed by atoms with Crippen LogP contribution in [0.5, 0.6) is 0 Å². The molecule has 0 spiro atoms. The maximum absolute atomic E-state index is 5.42. The van der Waals surface area contributed by atoms with Crippen molar-refractivity contribution in [1.82, 2.24) is 5.32 Å². The van der Waals surface area contributed by atoms with Crippen LogP contribution < -0.4 is 5.32 Å². The number of hydrogen-bond acceptors (Lipinski definition) is 3. The minimum absolute atomic E-state index is 0.370. The van der Waals surface area contributed by atoms with Gasteiger partial charge in [-0.3, -0.25) is 0 Å². The molecular weight excluding hydrogens is 194 g/mol. The molecule has 1 aliphatic rings. The topological polar surface area (TPSA) is 21.3 Å². The third-order valence-corrected chi connectivity index (χ3v) is 3.99. The van der Waals surface area contributed by atoms with Gasteiger partial charge in [0.2, 0.25) is 0 Å². The Morgan fingerprint density at radius 1 is 1.50 bits per heavy atom. The first kappa shape index (κ1) is 12.3. The van der Waals surface area contributed by atoms with Crippen molar-refractivity contribution >= 4 is 11.8 Å². The van der Waals surface area contributed by atoms with Crippen LogP contribution in [0, 0.1) is 5.92 Å². The van der Waals surface area contributed by atoms with Crippen LogP contribution >= 0.6 is 11.8 Å². The Kier molecular flexibility index (Phi) is 4.74. The van der Waals surface area contributed by atoms with E-state index in [-0.39, 0.29) is 0 Å². The first-order valence-electron chi connectivity index (χ1n) is 5.42. The monoisotopic (exact) mass is 217 g/mol. The normalized spacial score (nSPS) is 25.3. The van der Waals surface area contributed by atoms with E-state index in [9.17, 15) is 0 Å². The lowest BCUT2D eigenvalue weighted by atomic mass is 10.0. The van der Waals surface area contributed by atoms with Gasteiger partial charge >= 0.3 is 0 Å². The minimum Gasteiger partial charge on any atom is -0.381 e. The maximum atomic E-state index is 5.42. The largest absolute Gasteiger partial charge is 0.381 e. The molecule has 84 valence electrons.